The van der Waals surface area contributed by atoms with Crippen molar-refractivity contribution in [2.24, 2.45) is 0 Å². The number of hydrogen-bond donors (Lipinski definition) is 1. The van der Waals surface area contributed by atoms with Crippen LogP contribution in [0.25, 0.3) is 0 Å². The topological polar surface area (TPSA) is 46.0 Å². The Morgan fingerprint density at radius 2 is 2.00 bits per heavy atom. The first kappa shape index (κ1) is 9.15. The summed E-state index contributed by atoms with van der Waals surface area (Å²) in [6.07, 6.45) is 4.98. The summed E-state index contributed by atoms with van der Waals surface area (Å²) in [6.45, 7) is 4.18. The van der Waals surface area contributed by atoms with Gasteiger partial charge in [-0.25, -0.2) is 0 Å². The molecule has 1 aromatic heterocycles. The van der Waals surface area contributed by atoms with E-state index < -0.39 is 0 Å². The van der Waals surface area contributed by atoms with E-state index in [0.29, 0.717) is 0 Å². The smallest absolute Gasteiger partial charge is 0.102 e. The molecule has 0 radical (unpaired) electrons. The zero-order valence-electron chi connectivity index (χ0n) is 8.95. The molecule has 82 valence electrons. The Hall–Kier alpha value is -1.10. The van der Waals surface area contributed by atoms with Crippen molar-refractivity contribution < 1.29 is 0 Å². The number of aromatic nitrogens is 3. The van der Waals surface area contributed by atoms with Crippen LogP contribution in [0.5, 0.6) is 0 Å². The number of hydrogen-bond acceptors (Lipinski definition) is 4. The van der Waals surface area contributed by atoms with E-state index in [4.69, 9.17) is 0 Å². The second kappa shape index (κ2) is 3.81. The maximum atomic E-state index is 4.27. The molecular weight excluding hydrogens is 190 g/mol. The molecular formula is C10H17N5. The molecule has 5 nitrogen and oxygen atoms in total. The number of rotatable bonds is 1. The second-order valence-electron chi connectivity index (χ2n) is 4.31. The largest absolute Gasteiger partial charge is 0.311 e. The van der Waals surface area contributed by atoms with Crippen LogP contribution in [0, 0.1) is 0 Å². The highest BCUT2D eigenvalue weighted by atomic mass is 15.7. The van der Waals surface area contributed by atoms with E-state index in [1.165, 1.54) is 25.0 Å². The molecule has 1 saturated heterocycles. The average molecular weight is 207 g/mol. The van der Waals surface area contributed by atoms with Gasteiger partial charge in [-0.1, -0.05) is 0 Å². The highest BCUT2D eigenvalue weighted by Gasteiger charge is 2.20. The molecule has 0 aliphatic carbocycles. The maximum absolute atomic E-state index is 4.27. The van der Waals surface area contributed by atoms with E-state index in [9.17, 15) is 0 Å². The minimum Gasteiger partial charge on any atom is -0.311 e. The summed E-state index contributed by atoms with van der Waals surface area (Å²) in [7, 11) is 0. The van der Waals surface area contributed by atoms with Gasteiger partial charge in [0.1, 0.15) is 5.69 Å². The third-order valence-electron chi connectivity index (χ3n) is 3.26. The first-order valence-corrected chi connectivity index (χ1v) is 5.84. The van der Waals surface area contributed by atoms with Crippen molar-refractivity contribution in [3.63, 3.8) is 0 Å². The Balaban J connectivity index is 1.87. The van der Waals surface area contributed by atoms with Crippen LogP contribution in [-0.2, 0) is 13.0 Å². The Kier molecular flexibility index (Phi) is 2.32. The number of nitrogens with one attached hydrogen (secondary N) is 1. The van der Waals surface area contributed by atoms with Crippen molar-refractivity contribution in [3.8, 4) is 0 Å². The third kappa shape index (κ3) is 1.61. The Morgan fingerprint density at radius 3 is 2.87 bits per heavy atom. The molecule has 2 aliphatic rings. The van der Waals surface area contributed by atoms with Gasteiger partial charge >= 0.3 is 0 Å². The van der Waals surface area contributed by atoms with E-state index in [2.05, 4.69) is 25.4 Å². The SMILES string of the molecule is C1CCN(n2nnc3c2CCNC3)CC1. The average Bonchev–Trinajstić information content (AvgIpc) is 2.74. The van der Waals surface area contributed by atoms with Crippen LogP contribution < -0.4 is 10.3 Å². The van der Waals surface area contributed by atoms with Gasteiger partial charge in [-0.15, -0.1) is 5.10 Å². The van der Waals surface area contributed by atoms with Crippen LogP contribution in [0.4, 0.5) is 0 Å². The second-order valence-corrected chi connectivity index (χ2v) is 4.31. The predicted octanol–water partition coefficient (Wildman–Crippen LogP) is 0.0457. The van der Waals surface area contributed by atoms with Crippen LogP contribution in [0.15, 0.2) is 0 Å². The number of nitrogens with zero attached hydrogens (tertiary/aromatic N) is 4. The molecule has 0 aromatic carbocycles. The molecule has 15 heavy (non-hydrogen) atoms. The first-order chi connectivity index (χ1) is 7.45. The summed E-state index contributed by atoms with van der Waals surface area (Å²) in [6, 6.07) is 0. The third-order valence-corrected chi connectivity index (χ3v) is 3.26. The lowest BCUT2D eigenvalue weighted by molar-refractivity contribution is 0.428. The van der Waals surface area contributed by atoms with E-state index in [0.717, 1.165) is 38.3 Å². The molecule has 2 aliphatic heterocycles. The highest BCUT2D eigenvalue weighted by Crippen LogP contribution is 2.14. The molecule has 1 fully saturated rings. The van der Waals surface area contributed by atoms with Crippen molar-refractivity contribution in [2.45, 2.75) is 32.2 Å². The number of piperidine rings is 1. The zero-order valence-corrected chi connectivity index (χ0v) is 8.95. The van der Waals surface area contributed by atoms with Crippen molar-refractivity contribution in [3.05, 3.63) is 11.4 Å². The molecule has 0 atom stereocenters. The summed E-state index contributed by atoms with van der Waals surface area (Å²) < 4.78 is 0. The summed E-state index contributed by atoms with van der Waals surface area (Å²) in [5, 5.41) is 14.2. The van der Waals surface area contributed by atoms with Crippen molar-refractivity contribution in [2.75, 3.05) is 24.6 Å². The summed E-state index contributed by atoms with van der Waals surface area (Å²) in [4.78, 5) is 2.05. The fraction of sp³-hybridized carbons (Fsp3) is 0.800. The van der Waals surface area contributed by atoms with Crippen molar-refractivity contribution in [1.29, 1.82) is 0 Å². The van der Waals surface area contributed by atoms with E-state index >= 15 is 0 Å². The lowest BCUT2D eigenvalue weighted by Crippen LogP contribution is -2.42. The zero-order chi connectivity index (χ0) is 10.1. The molecule has 5 heteroatoms. The van der Waals surface area contributed by atoms with E-state index in [-0.39, 0.29) is 0 Å². The highest BCUT2D eigenvalue weighted by molar-refractivity contribution is 5.15. The maximum Gasteiger partial charge on any atom is 0.102 e. The summed E-state index contributed by atoms with van der Waals surface area (Å²) in [5.41, 5.74) is 2.45. The van der Waals surface area contributed by atoms with Gasteiger partial charge in [-0.05, 0) is 24.5 Å². The molecule has 1 aromatic rings. The quantitative estimate of drug-likeness (QED) is 0.706. The number of fused-ring (bicyclic) bond motifs is 1. The Labute approximate surface area is 89.4 Å². The summed E-state index contributed by atoms with van der Waals surface area (Å²) >= 11 is 0. The van der Waals surface area contributed by atoms with Gasteiger partial charge in [-0.3, -0.25) is 5.01 Å². The molecule has 0 bridgehead atoms. The van der Waals surface area contributed by atoms with Gasteiger partial charge in [0, 0.05) is 32.6 Å². The van der Waals surface area contributed by atoms with Crippen LogP contribution in [0.3, 0.4) is 0 Å². The standard InChI is InChI=1S/C10H17N5/c1-2-6-14(7-3-1)15-10-4-5-11-8-9(10)12-13-15/h11H,1-8H2. The van der Waals surface area contributed by atoms with Crippen LogP contribution >= 0.6 is 0 Å². The van der Waals surface area contributed by atoms with Gasteiger partial charge in [0.05, 0.1) is 5.69 Å². The molecule has 0 amide bonds. The normalized spacial score (nSPS) is 21.5. The van der Waals surface area contributed by atoms with E-state index in [1.807, 2.05) is 0 Å². The minimum atomic E-state index is 0.878. The van der Waals surface area contributed by atoms with Crippen LogP contribution in [-0.4, -0.2) is 34.7 Å². The van der Waals surface area contributed by atoms with Crippen LogP contribution in [0.2, 0.25) is 0 Å². The summed E-state index contributed by atoms with van der Waals surface area (Å²) in [5.74, 6) is 0. The van der Waals surface area contributed by atoms with E-state index in [1.54, 1.807) is 0 Å². The van der Waals surface area contributed by atoms with Crippen molar-refractivity contribution >= 4 is 0 Å². The fourth-order valence-corrected chi connectivity index (χ4v) is 2.41. The Morgan fingerprint density at radius 1 is 1.13 bits per heavy atom. The predicted molar refractivity (Wildman–Crippen MR) is 57.2 cm³/mol. The molecule has 3 rings (SSSR count). The monoisotopic (exact) mass is 207 g/mol. The van der Waals surface area contributed by atoms with Gasteiger partial charge in [-0.2, -0.15) is 4.79 Å². The first-order valence-electron chi connectivity index (χ1n) is 5.84. The lowest BCUT2D eigenvalue weighted by Gasteiger charge is -2.29. The van der Waals surface area contributed by atoms with Crippen molar-refractivity contribution in [1.82, 2.24) is 20.4 Å². The molecule has 0 saturated carbocycles. The minimum absolute atomic E-state index is 0.878. The van der Waals surface area contributed by atoms with Gasteiger partial charge < -0.3 is 5.32 Å². The van der Waals surface area contributed by atoms with Crippen LogP contribution in [0.1, 0.15) is 30.7 Å². The fourth-order valence-electron chi connectivity index (χ4n) is 2.41. The Bertz CT molecular complexity index is 340. The molecule has 0 unspecified atom stereocenters. The molecule has 3 heterocycles. The lowest BCUT2D eigenvalue weighted by atomic mass is 10.1. The van der Waals surface area contributed by atoms with Gasteiger partial charge in [0.25, 0.3) is 0 Å². The van der Waals surface area contributed by atoms with Gasteiger partial charge in [0.2, 0.25) is 0 Å². The molecule has 1 N–H and O–H groups in total. The molecule has 0 spiro atoms. The van der Waals surface area contributed by atoms with Gasteiger partial charge in [0.15, 0.2) is 0 Å².